The summed E-state index contributed by atoms with van der Waals surface area (Å²) < 4.78 is 2.31. The van der Waals surface area contributed by atoms with E-state index in [2.05, 4.69) is 57.5 Å². The zero-order chi connectivity index (χ0) is 10.6. The Bertz CT molecular complexity index is 185. The van der Waals surface area contributed by atoms with Crippen LogP contribution in [-0.4, -0.2) is 47.1 Å². The quantitative estimate of drug-likeness (QED) is 0.385. The van der Waals surface area contributed by atoms with E-state index in [9.17, 15) is 0 Å². The Morgan fingerprint density at radius 1 is 1.23 bits per heavy atom. The molecule has 13 heavy (non-hydrogen) atoms. The molecule has 0 heterocycles. The summed E-state index contributed by atoms with van der Waals surface area (Å²) in [6, 6.07) is 1.12. The van der Waals surface area contributed by atoms with Crippen molar-refractivity contribution in [1.82, 2.24) is 4.90 Å². The van der Waals surface area contributed by atoms with Crippen molar-refractivity contribution >= 4 is 16.9 Å². The molecule has 0 aliphatic rings. The Morgan fingerprint density at radius 2 is 1.69 bits per heavy atom. The van der Waals surface area contributed by atoms with Gasteiger partial charge in [-0.2, -0.15) is 0 Å². The van der Waals surface area contributed by atoms with Gasteiger partial charge in [-0.15, -0.1) is 0 Å². The smallest absolute Gasteiger partial charge is 0.257 e. The van der Waals surface area contributed by atoms with Gasteiger partial charge in [0.2, 0.25) is 0 Å². The van der Waals surface area contributed by atoms with E-state index in [0.29, 0.717) is 12.1 Å². The van der Waals surface area contributed by atoms with Gasteiger partial charge in [-0.1, -0.05) is 0 Å². The normalized spacial score (nSPS) is 13.6. The zero-order valence-electron chi connectivity index (χ0n) is 9.96. The first-order chi connectivity index (χ1) is 5.91. The van der Waals surface area contributed by atoms with Gasteiger partial charge in [-0.3, -0.25) is 9.48 Å². The van der Waals surface area contributed by atoms with Gasteiger partial charge in [0, 0.05) is 0 Å². The van der Waals surface area contributed by atoms with Gasteiger partial charge in [0.05, 0.1) is 26.2 Å². The number of hydrogen-bond acceptors (Lipinski definition) is 1. The summed E-state index contributed by atoms with van der Waals surface area (Å²) >= 11 is 1.81. The molecule has 0 N–H and O–H groups in total. The van der Waals surface area contributed by atoms with Crippen molar-refractivity contribution in [3.63, 3.8) is 0 Å². The van der Waals surface area contributed by atoms with Crippen LogP contribution in [0.5, 0.6) is 0 Å². The SMILES string of the molecule is CSC(N(C)C(C)C)=[N+](C)C(C)C. The van der Waals surface area contributed by atoms with Gasteiger partial charge < -0.3 is 0 Å². The largest absolute Gasteiger partial charge is 0.308 e. The second-order valence-electron chi connectivity index (χ2n) is 3.90. The summed E-state index contributed by atoms with van der Waals surface area (Å²) in [4.78, 5) is 2.31. The predicted molar refractivity (Wildman–Crippen MR) is 62.7 cm³/mol. The minimum atomic E-state index is 0.559. The molecule has 0 bridgehead atoms. The third-order valence-electron chi connectivity index (χ3n) is 2.34. The molecule has 0 spiro atoms. The summed E-state index contributed by atoms with van der Waals surface area (Å²) in [6.07, 6.45) is 2.13. The molecule has 3 heteroatoms. The van der Waals surface area contributed by atoms with Gasteiger partial charge in [0.1, 0.15) is 0 Å². The Morgan fingerprint density at radius 3 is 1.92 bits per heavy atom. The first-order valence-electron chi connectivity index (χ1n) is 4.78. The molecular formula is C10H23N2S+. The van der Waals surface area contributed by atoms with Gasteiger partial charge in [-0.25, -0.2) is 0 Å². The highest BCUT2D eigenvalue weighted by atomic mass is 32.2. The summed E-state index contributed by atoms with van der Waals surface area (Å²) in [5.74, 6) is 0. The molecular weight excluding hydrogens is 180 g/mol. The third kappa shape index (κ3) is 3.59. The maximum Gasteiger partial charge on any atom is 0.308 e. The maximum atomic E-state index is 2.31. The molecule has 0 aromatic carbocycles. The van der Waals surface area contributed by atoms with Crippen LogP contribution in [0, 0.1) is 0 Å². The van der Waals surface area contributed by atoms with E-state index in [4.69, 9.17) is 0 Å². The number of amidine groups is 1. The van der Waals surface area contributed by atoms with Crippen LogP contribution in [0.15, 0.2) is 0 Å². The van der Waals surface area contributed by atoms with Gasteiger partial charge >= 0.3 is 5.17 Å². The Labute approximate surface area is 87.0 Å². The van der Waals surface area contributed by atoms with Crippen molar-refractivity contribution in [2.75, 3.05) is 20.4 Å². The molecule has 0 rings (SSSR count). The van der Waals surface area contributed by atoms with Crippen LogP contribution in [0.3, 0.4) is 0 Å². The zero-order valence-corrected chi connectivity index (χ0v) is 10.8. The molecule has 0 saturated heterocycles. The van der Waals surface area contributed by atoms with E-state index in [1.165, 1.54) is 5.17 Å². The average molecular weight is 203 g/mol. The number of rotatable bonds is 2. The summed E-state index contributed by atoms with van der Waals surface area (Å²) in [5.41, 5.74) is 0. The monoisotopic (exact) mass is 203 g/mol. The van der Waals surface area contributed by atoms with E-state index in [1.807, 2.05) is 11.8 Å². The first-order valence-corrected chi connectivity index (χ1v) is 6.00. The van der Waals surface area contributed by atoms with Crippen molar-refractivity contribution in [1.29, 1.82) is 0 Å². The van der Waals surface area contributed by atoms with Crippen LogP contribution >= 0.6 is 11.8 Å². The fourth-order valence-electron chi connectivity index (χ4n) is 0.979. The van der Waals surface area contributed by atoms with E-state index in [0.717, 1.165) is 0 Å². The summed E-state index contributed by atoms with van der Waals surface area (Å²) in [5, 5.41) is 1.34. The van der Waals surface area contributed by atoms with Crippen LogP contribution in [-0.2, 0) is 0 Å². The third-order valence-corrected chi connectivity index (χ3v) is 3.28. The molecule has 0 aromatic rings. The van der Waals surface area contributed by atoms with Crippen LogP contribution < -0.4 is 0 Å². The van der Waals surface area contributed by atoms with Crippen molar-refractivity contribution in [3.05, 3.63) is 0 Å². The fourth-order valence-corrected chi connectivity index (χ4v) is 1.98. The van der Waals surface area contributed by atoms with Gasteiger partial charge in [-0.05, 0) is 45.7 Å². The molecule has 0 atom stereocenters. The predicted octanol–water partition coefficient (Wildman–Crippen LogP) is 2.10. The van der Waals surface area contributed by atoms with Crippen LogP contribution in [0.4, 0.5) is 0 Å². The molecule has 0 unspecified atom stereocenters. The van der Waals surface area contributed by atoms with Crippen molar-refractivity contribution in [2.45, 2.75) is 39.8 Å². The summed E-state index contributed by atoms with van der Waals surface area (Å²) in [7, 11) is 4.30. The minimum Gasteiger partial charge on any atom is -0.257 e. The second kappa shape index (κ2) is 5.53. The minimum absolute atomic E-state index is 0.559. The first kappa shape index (κ1) is 12.8. The molecule has 0 radical (unpaired) electrons. The standard InChI is InChI=1S/C10H23N2S/c1-8(2)11(5)10(13-7)12(6)9(3)4/h8-9H,1-7H3/q+1. The van der Waals surface area contributed by atoms with Crippen LogP contribution in [0.1, 0.15) is 27.7 Å². The lowest BCUT2D eigenvalue weighted by atomic mass is 10.3. The topological polar surface area (TPSA) is 6.25 Å². The van der Waals surface area contributed by atoms with Gasteiger partial charge in [0.15, 0.2) is 0 Å². The molecule has 0 fully saturated rings. The Kier molecular flexibility index (Phi) is 5.45. The average Bonchev–Trinajstić information content (AvgIpc) is 2.04. The number of thioether (sulfide) groups is 1. The Hall–Kier alpha value is -0.180. The lowest BCUT2D eigenvalue weighted by molar-refractivity contribution is -0.531. The lowest BCUT2D eigenvalue weighted by Gasteiger charge is -2.20. The molecule has 78 valence electrons. The van der Waals surface area contributed by atoms with Crippen molar-refractivity contribution in [2.24, 2.45) is 0 Å². The Balaban J connectivity index is 4.76. The molecule has 0 aromatic heterocycles. The summed E-state index contributed by atoms with van der Waals surface area (Å²) in [6.45, 7) is 8.85. The van der Waals surface area contributed by atoms with Crippen LogP contribution in [0.25, 0.3) is 0 Å². The second-order valence-corrected chi connectivity index (χ2v) is 4.67. The van der Waals surface area contributed by atoms with E-state index in [1.54, 1.807) is 0 Å². The van der Waals surface area contributed by atoms with E-state index >= 15 is 0 Å². The van der Waals surface area contributed by atoms with E-state index < -0.39 is 0 Å². The van der Waals surface area contributed by atoms with Crippen LogP contribution in [0.2, 0.25) is 0 Å². The fraction of sp³-hybridized carbons (Fsp3) is 0.900. The maximum absolute atomic E-state index is 2.31. The highest BCUT2D eigenvalue weighted by Crippen LogP contribution is 2.07. The molecule has 0 amide bonds. The van der Waals surface area contributed by atoms with Crippen molar-refractivity contribution in [3.8, 4) is 0 Å². The highest BCUT2D eigenvalue weighted by Gasteiger charge is 2.20. The number of nitrogens with zero attached hydrogens (tertiary/aromatic N) is 2. The molecule has 0 saturated carbocycles. The highest BCUT2D eigenvalue weighted by molar-refractivity contribution is 8.12. The van der Waals surface area contributed by atoms with E-state index in [-0.39, 0.29) is 0 Å². The molecule has 0 aliphatic heterocycles. The molecule has 2 nitrogen and oxygen atoms in total. The van der Waals surface area contributed by atoms with Gasteiger partial charge in [0.25, 0.3) is 0 Å². The molecule has 0 aliphatic carbocycles. The number of hydrogen-bond donors (Lipinski definition) is 0. The lowest BCUT2D eigenvalue weighted by Crippen LogP contribution is -2.38. The van der Waals surface area contributed by atoms with Crippen molar-refractivity contribution < 1.29 is 4.58 Å².